The molecule has 2 aromatic carbocycles. The van der Waals surface area contributed by atoms with Gasteiger partial charge in [0.25, 0.3) is 0 Å². The van der Waals surface area contributed by atoms with Crippen LogP contribution in [0.25, 0.3) is 0 Å². The molecule has 0 aromatic heterocycles. The van der Waals surface area contributed by atoms with Crippen molar-refractivity contribution >= 4 is 11.6 Å². The van der Waals surface area contributed by atoms with Gasteiger partial charge in [-0.3, -0.25) is 4.79 Å². The molecule has 2 atom stereocenters. The lowest BCUT2D eigenvalue weighted by Gasteiger charge is -2.13. The highest BCUT2D eigenvalue weighted by Crippen LogP contribution is 2.48. The number of hydrogen-bond donors (Lipinski definition) is 2. The molecule has 25 heavy (non-hydrogen) atoms. The summed E-state index contributed by atoms with van der Waals surface area (Å²) in [6.07, 6.45) is 0.825. The lowest BCUT2D eigenvalue weighted by Crippen LogP contribution is -2.14. The zero-order valence-electron chi connectivity index (χ0n) is 14.5. The third-order valence-corrected chi connectivity index (χ3v) is 4.26. The number of phenolic OH excluding ortho intramolecular Hbond substituents is 1. The van der Waals surface area contributed by atoms with E-state index >= 15 is 0 Å². The van der Waals surface area contributed by atoms with Gasteiger partial charge in [-0.15, -0.1) is 0 Å². The lowest BCUT2D eigenvalue weighted by molar-refractivity contribution is -0.117. The summed E-state index contributed by atoms with van der Waals surface area (Å²) in [7, 11) is 0. The average Bonchev–Trinajstić information content (AvgIpc) is 3.39. The van der Waals surface area contributed by atoms with Crippen molar-refractivity contribution in [3.63, 3.8) is 0 Å². The maximum Gasteiger partial charge on any atom is 0.228 e. The zero-order valence-corrected chi connectivity index (χ0v) is 14.5. The minimum Gasteiger partial charge on any atom is -0.508 e. The number of hydrogen-bond acceptors (Lipinski definition) is 4. The highest BCUT2D eigenvalue weighted by Gasteiger charge is 2.43. The maximum atomic E-state index is 12.5. The normalized spacial score (nSPS) is 18.5. The third kappa shape index (κ3) is 4.05. The van der Waals surface area contributed by atoms with Gasteiger partial charge in [-0.1, -0.05) is 12.1 Å². The second kappa shape index (κ2) is 7.47. The molecule has 2 unspecified atom stereocenters. The summed E-state index contributed by atoms with van der Waals surface area (Å²) in [6, 6.07) is 12.5. The van der Waals surface area contributed by atoms with Gasteiger partial charge < -0.3 is 19.9 Å². The SMILES string of the molecule is CCOc1ccc(NC(=O)C2CC2c2ccc(O)cc2)cc1OCC. The van der Waals surface area contributed by atoms with E-state index < -0.39 is 0 Å². The van der Waals surface area contributed by atoms with Crippen molar-refractivity contribution < 1.29 is 19.4 Å². The van der Waals surface area contributed by atoms with Crippen LogP contribution in [0, 0.1) is 5.92 Å². The first-order chi connectivity index (χ1) is 12.1. The Labute approximate surface area is 147 Å². The maximum absolute atomic E-state index is 12.5. The first kappa shape index (κ1) is 17.1. The van der Waals surface area contributed by atoms with E-state index in [4.69, 9.17) is 9.47 Å². The Morgan fingerprint density at radius 2 is 1.76 bits per heavy atom. The number of benzene rings is 2. The first-order valence-corrected chi connectivity index (χ1v) is 8.61. The van der Waals surface area contributed by atoms with Crippen LogP contribution in [0.15, 0.2) is 42.5 Å². The molecule has 132 valence electrons. The first-order valence-electron chi connectivity index (χ1n) is 8.61. The third-order valence-electron chi connectivity index (χ3n) is 4.26. The molecule has 1 aliphatic rings. The van der Waals surface area contributed by atoms with Gasteiger partial charge in [-0.2, -0.15) is 0 Å². The number of aromatic hydroxyl groups is 1. The van der Waals surface area contributed by atoms with Gasteiger partial charge in [-0.25, -0.2) is 0 Å². The molecule has 0 saturated heterocycles. The highest BCUT2D eigenvalue weighted by atomic mass is 16.5. The number of rotatable bonds is 7. The topological polar surface area (TPSA) is 67.8 Å². The summed E-state index contributed by atoms with van der Waals surface area (Å²) in [4.78, 5) is 12.5. The fraction of sp³-hybridized carbons (Fsp3) is 0.350. The number of nitrogens with one attached hydrogen (secondary N) is 1. The molecule has 0 spiro atoms. The standard InChI is InChI=1S/C20H23NO4/c1-3-24-18-10-7-14(11-19(18)25-4-2)21-20(23)17-12-16(17)13-5-8-15(22)9-6-13/h5-11,16-17,22H,3-4,12H2,1-2H3,(H,21,23). The predicted molar refractivity (Wildman–Crippen MR) is 96.4 cm³/mol. The number of carbonyl (C=O) groups is 1. The molecule has 1 saturated carbocycles. The van der Waals surface area contributed by atoms with E-state index in [2.05, 4.69) is 5.32 Å². The molecule has 0 bridgehead atoms. The van der Waals surface area contributed by atoms with Gasteiger partial charge in [0.15, 0.2) is 11.5 Å². The van der Waals surface area contributed by atoms with Crippen LogP contribution in [0.4, 0.5) is 5.69 Å². The average molecular weight is 341 g/mol. The molecular weight excluding hydrogens is 318 g/mol. The molecule has 3 rings (SSSR count). The molecule has 0 radical (unpaired) electrons. The summed E-state index contributed by atoms with van der Waals surface area (Å²) in [5, 5.41) is 12.3. The second-order valence-corrected chi connectivity index (χ2v) is 6.06. The summed E-state index contributed by atoms with van der Waals surface area (Å²) in [5.41, 5.74) is 1.79. The molecule has 2 N–H and O–H groups in total. The number of amides is 1. The minimum atomic E-state index is -0.0355. The van der Waals surface area contributed by atoms with E-state index in [0.717, 1.165) is 12.0 Å². The van der Waals surface area contributed by atoms with E-state index in [1.807, 2.05) is 38.1 Å². The van der Waals surface area contributed by atoms with E-state index in [0.29, 0.717) is 30.4 Å². The van der Waals surface area contributed by atoms with Gasteiger partial charge in [0.05, 0.1) is 13.2 Å². The Hall–Kier alpha value is -2.69. The van der Waals surface area contributed by atoms with E-state index in [1.165, 1.54) is 0 Å². The van der Waals surface area contributed by atoms with Crippen LogP contribution in [0.1, 0.15) is 31.7 Å². The molecule has 0 heterocycles. The van der Waals surface area contributed by atoms with Crippen molar-refractivity contribution in [1.82, 2.24) is 0 Å². The Morgan fingerprint density at radius 3 is 2.44 bits per heavy atom. The van der Waals surface area contributed by atoms with Crippen LogP contribution < -0.4 is 14.8 Å². The number of phenols is 1. The molecule has 0 aliphatic heterocycles. The van der Waals surface area contributed by atoms with Crippen molar-refractivity contribution in [3.8, 4) is 17.2 Å². The Balaban J connectivity index is 1.65. The smallest absolute Gasteiger partial charge is 0.228 e. The predicted octanol–water partition coefficient (Wildman–Crippen LogP) is 3.93. The van der Waals surface area contributed by atoms with Crippen LogP contribution in [0.3, 0.4) is 0 Å². The van der Waals surface area contributed by atoms with Crippen LogP contribution in [0.2, 0.25) is 0 Å². The Morgan fingerprint density at radius 1 is 1.08 bits per heavy atom. The van der Waals surface area contributed by atoms with Crippen LogP contribution in [-0.4, -0.2) is 24.2 Å². The minimum absolute atomic E-state index is 0.00434. The zero-order chi connectivity index (χ0) is 17.8. The molecule has 5 heteroatoms. The van der Waals surface area contributed by atoms with Gasteiger partial charge in [-0.05, 0) is 56.0 Å². The van der Waals surface area contributed by atoms with E-state index in [-0.39, 0.29) is 23.5 Å². The highest BCUT2D eigenvalue weighted by molar-refractivity contribution is 5.95. The van der Waals surface area contributed by atoms with Crippen molar-refractivity contribution in [3.05, 3.63) is 48.0 Å². The van der Waals surface area contributed by atoms with Crippen molar-refractivity contribution in [2.45, 2.75) is 26.2 Å². The fourth-order valence-electron chi connectivity index (χ4n) is 2.94. The molecule has 1 amide bonds. The quantitative estimate of drug-likeness (QED) is 0.801. The number of anilines is 1. The summed E-state index contributed by atoms with van der Waals surface area (Å²) >= 11 is 0. The van der Waals surface area contributed by atoms with Gasteiger partial charge >= 0.3 is 0 Å². The van der Waals surface area contributed by atoms with Gasteiger partial charge in [0, 0.05) is 17.7 Å². The van der Waals surface area contributed by atoms with E-state index in [1.54, 1.807) is 18.2 Å². The number of carbonyl (C=O) groups excluding carboxylic acids is 1. The molecule has 1 fully saturated rings. The van der Waals surface area contributed by atoms with Crippen molar-refractivity contribution in [1.29, 1.82) is 0 Å². The number of ether oxygens (including phenoxy) is 2. The fourth-order valence-corrected chi connectivity index (χ4v) is 2.94. The van der Waals surface area contributed by atoms with Crippen molar-refractivity contribution in [2.75, 3.05) is 18.5 Å². The summed E-state index contributed by atoms with van der Waals surface area (Å²) < 4.78 is 11.1. The van der Waals surface area contributed by atoms with Gasteiger partial charge in [0.1, 0.15) is 5.75 Å². The second-order valence-electron chi connectivity index (χ2n) is 6.06. The Kier molecular flexibility index (Phi) is 5.12. The largest absolute Gasteiger partial charge is 0.508 e. The Bertz CT molecular complexity index is 742. The monoisotopic (exact) mass is 341 g/mol. The molecule has 1 aliphatic carbocycles. The summed E-state index contributed by atoms with van der Waals surface area (Å²) in [6.45, 7) is 4.92. The van der Waals surface area contributed by atoms with Crippen LogP contribution >= 0.6 is 0 Å². The van der Waals surface area contributed by atoms with Crippen molar-refractivity contribution in [2.24, 2.45) is 5.92 Å². The molecule has 2 aromatic rings. The van der Waals surface area contributed by atoms with Crippen LogP contribution in [0.5, 0.6) is 17.2 Å². The lowest BCUT2D eigenvalue weighted by atomic mass is 10.1. The molecule has 5 nitrogen and oxygen atoms in total. The summed E-state index contributed by atoms with van der Waals surface area (Å²) in [5.74, 6) is 1.73. The van der Waals surface area contributed by atoms with E-state index in [9.17, 15) is 9.90 Å². The van der Waals surface area contributed by atoms with Gasteiger partial charge in [0.2, 0.25) is 5.91 Å². The van der Waals surface area contributed by atoms with Crippen LogP contribution in [-0.2, 0) is 4.79 Å². The molecular formula is C20H23NO4.